The molecule has 0 aliphatic carbocycles. The predicted octanol–water partition coefficient (Wildman–Crippen LogP) is 2.23. The molecule has 6 heteroatoms. The van der Waals surface area contributed by atoms with Crippen molar-refractivity contribution in [1.82, 2.24) is 15.3 Å². The van der Waals surface area contributed by atoms with Gasteiger partial charge < -0.3 is 10.3 Å². The summed E-state index contributed by atoms with van der Waals surface area (Å²) < 4.78 is 12.9. The fraction of sp³-hybridized carbons (Fsp3) is 0.300. The third-order valence-corrected chi connectivity index (χ3v) is 2.63. The Morgan fingerprint density at radius 2 is 2.00 bits per heavy atom. The first-order valence-electron chi connectivity index (χ1n) is 4.69. The summed E-state index contributed by atoms with van der Waals surface area (Å²) in [6, 6.07) is 4.63. The molecule has 0 radical (unpaired) electrons. The van der Waals surface area contributed by atoms with E-state index in [0.717, 1.165) is 29.9 Å². The first kappa shape index (κ1) is 13.2. The van der Waals surface area contributed by atoms with Gasteiger partial charge in [-0.1, -0.05) is 0 Å². The Bertz CT molecular complexity index is 482. The van der Waals surface area contributed by atoms with Crippen LogP contribution in [-0.2, 0) is 0 Å². The Balaban J connectivity index is 0.000000640. The van der Waals surface area contributed by atoms with Crippen molar-refractivity contribution in [2.24, 2.45) is 0 Å². The Labute approximate surface area is 105 Å². The average Bonchev–Trinajstić information content (AvgIpc) is 2.43. The van der Waals surface area contributed by atoms with Gasteiger partial charge >= 0.3 is 0 Å². The summed E-state index contributed by atoms with van der Waals surface area (Å²) in [4.78, 5) is 7.56. The highest BCUT2D eigenvalue weighted by Crippen LogP contribution is 2.20. The summed E-state index contributed by atoms with van der Waals surface area (Å²) in [5, 5.41) is 3.18. The van der Waals surface area contributed by atoms with Crippen LogP contribution in [0.5, 0.6) is 0 Å². The molecule has 16 heavy (non-hydrogen) atoms. The summed E-state index contributed by atoms with van der Waals surface area (Å²) in [7, 11) is 0. The SMILES string of the molecule is Cl.Cl.Fc1ccc2nc(C3CNC3)[nH]c2c1. The number of benzene rings is 1. The molecule has 2 aromatic rings. The van der Waals surface area contributed by atoms with Gasteiger partial charge in [-0.3, -0.25) is 0 Å². The zero-order valence-electron chi connectivity index (χ0n) is 8.37. The van der Waals surface area contributed by atoms with Crippen molar-refractivity contribution in [3.05, 3.63) is 29.8 Å². The van der Waals surface area contributed by atoms with Crippen LogP contribution in [-0.4, -0.2) is 23.1 Å². The average molecular weight is 264 g/mol. The quantitative estimate of drug-likeness (QED) is 0.829. The fourth-order valence-electron chi connectivity index (χ4n) is 1.68. The van der Waals surface area contributed by atoms with E-state index in [1.54, 1.807) is 6.07 Å². The monoisotopic (exact) mass is 263 g/mol. The van der Waals surface area contributed by atoms with Crippen LogP contribution >= 0.6 is 24.8 Å². The number of nitrogens with one attached hydrogen (secondary N) is 2. The second kappa shape index (κ2) is 4.99. The third-order valence-electron chi connectivity index (χ3n) is 2.63. The number of aromatic nitrogens is 2. The molecule has 3 rings (SSSR count). The van der Waals surface area contributed by atoms with E-state index in [1.165, 1.54) is 12.1 Å². The number of nitrogens with zero attached hydrogens (tertiary/aromatic N) is 1. The Hall–Kier alpha value is -0.840. The zero-order chi connectivity index (χ0) is 9.54. The molecule has 1 saturated heterocycles. The molecule has 0 amide bonds. The van der Waals surface area contributed by atoms with E-state index in [4.69, 9.17) is 0 Å². The van der Waals surface area contributed by atoms with E-state index < -0.39 is 0 Å². The molecule has 0 bridgehead atoms. The molecule has 1 aliphatic heterocycles. The van der Waals surface area contributed by atoms with E-state index >= 15 is 0 Å². The predicted molar refractivity (Wildman–Crippen MR) is 66.2 cm³/mol. The van der Waals surface area contributed by atoms with Crippen molar-refractivity contribution in [2.45, 2.75) is 5.92 Å². The van der Waals surface area contributed by atoms with Gasteiger partial charge in [-0.15, -0.1) is 24.8 Å². The molecule has 0 unspecified atom stereocenters. The van der Waals surface area contributed by atoms with Crippen molar-refractivity contribution in [1.29, 1.82) is 0 Å². The minimum absolute atomic E-state index is 0. The first-order chi connectivity index (χ1) is 6.83. The maximum atomic E-state index is 12.9. The lowest BCUT2D eigenvalue weighted by atomic mass is 10.0. The molecule has 0 saturated carbocycles. The van der Waals surface area contributed by atoms with Gasteiger partial charge in [0.25, 0.3) is 0 Å². The lowest BCUT2D eigenvalue weighted by molar-refractivity contribution is 0.433. The number of H-pyrrole nitrogens is 1. The smallest absolute Gasteiger partial charge is 0.125 e. The summed E-state index contributed by atoms with van der Waals surface area (Å²) in [6.45, 7) is 1.92. The molecular formula is C10H12Cl2FN3. The second-order valence-corrected chi connectivity index (χ2v) is 3.64. The summed E-state index contributed by atoms with van der Waals surface area (Å²) >= 11 is 0. The number of hydrogen-bond acceptors (Lipinski definition) is 2. The number of aromatic amines is 1. The van der Waals surface area contributed by atoms with E-state index in [0.29, 0.717) is 5.92 Å². The topological polar surface area (TPSA) is 40.7 Å². The molecular weight excluding hydrogens is 252 g/mol. The number of rotatable bonds is 1. The fourth-order valence-corrected chi connectivity index (χ4v) is 1.68. The molecule has 2 heterocycles. The minimum Gasteiger partial charge on any atom is -0.342 e. The number of hydrogen-bond donors (Lipinski definition) is 2. The first-order valence-corrected chi connectivity index (χ1v) is 4.69. The second-order valence-electron chi connectivity index (χ2n) is 3.64. The van der Waals surface area contributed by atoms with Crippen molar-refractivity contribution in [2.75, 3.05) is 13.1 Å². The van der Waals surface area contributed by atoms with Gasteiger partial charge in [-0.25, -0.2) is 9.37 Å². The van der Waals surface area contributed by atoms with Crippen LogP contribution in [0.25, 0.3) is 11.0 Å². The van der Waals surface area contributed by atoms with Gasteiger partial charge in [-0.2, -0.15) is 0 Å². The molecule has 1 fully saturated rings. The van der Waals surface area contributed by atoms with E-state index in [-0.39, 0.29) is 30.6 Å². The molecule has 2 N–H and O–H groups in total. The van der Waals surface area contributed by atoms with Crippen LogP contribution in [0, 0.1) is 5.82 Å². The van der Waals surface area contributed by atoms with E-state index in [9.17, 15) is 4.39 Å². The zero-order valence-corrected chi connectivity index (χ0v) is 10.00. The molecule has 1 aliphatic rings. The number of halogens is 3. The van der Waals surface area contributed by atoms with Crippen LogP contribution in [0.15, 0.2) is 18.2 Å². The van der Waals surface area contributed by atoms with Gasteiger partial charge in [0.05, 0.1) is 11.0 Å². The van der Waals surface area contributed by atoms with Gasteiger partial charge in [0, 0.05) is 19.0 Å². The highest BCUT2D eigenvalue weighted by atomic mass is 35.5. The van der Waals surface area contributed by atoms with Gasteiger partial charge in [0.2, 0.25) is 0 Å². The van der Waals surface area contributed by atoms with E-state index in [2.05, 4.69) is 15.3 Å². The highest BCUT2D eigenvalue weighted by Gasteiger charge is 2.21. The lowest BCUT2D eigenvalue weighted by Crippen LogP contribution is -2.40. The maximum Gasteiger partial charge on any atom is 0.125 e. The van der Waals surface area contributed by atoms with Crippen molar-refractivity contribution >= 4 is 35.8 Å². The van der Waals surface area contributed by atoms with Gasteiger partial charge in [0.1, 0.15) is 11.6 Å². The molecule has 0 atom stereocenters. The summed E-state index contributed by atoms with van der Waals surface area (Å²) in [5.74, 6) is 1.20. The van der Waals surface area contributed by atoms with E-state index in [1.807, 2.05) is 0 Å². The lowest BCUT2D eigenvalue weighted by Gasteiger charge is -2.24. The van der Waals surface area contributed by atoms with Gasteiger partial charge in [0.15, 0.2) is 0 Å². The molecule has 1 aromatic carbocycles. The van der Waals surface area contributed by atoms with Gasteiger partial charge in [-0.05, 0) is 18.2 Å². The van der Waals surface area contributed by atoms with Crippen LogP contribution in [0.4, 0.5) is 4.39 Å². The minimum atomic E-state index is -0.223. The summed E-state index contributed by atoms with van der Waals surface area (Å²) in [5.41, 5.74) is 1.63. The third kappa shape index (κ3) is 2.14. The number of imidazole rings is 1. The maximum absolute atomic E-state index is 12.9. The van der Waals surface area contributed by atoms with Crippen molar-refractivity contribution < 1.29 is 4.39 Å². The van der Waals surface area contributed by atoms with Crippen LogP contribution in [0.3, 0.4) is 0 Å². The van der Waals surface area contributed by atoms with Crippen molar-refractivity contribution in [3.63, 3.8) is 0 Å². The molecule has 88 valence electrons. The Morgan fingerprint density at radius 3 is 2.62 bits per heavy atom. The van der Waals surface area contributed by atoms with Crippen LogP contribution < -0.4 is 5.32 Å². The van der Waals surface area contributed by atoms with Crippen molar-refractivity contribution in [3.8, 4) is 0 Å². The Kier molecular flexibility index (Phi) is 4.13. The molecule has 3 nitrogen and oxygen atoms in total. The van der Waals surface area contributed by atoms with Crippen LogP contribution in [0.1, 0.15) is 11.7 Å². The molecule has 1 aromatic heterocycles. The Morgan fingerprint density at radius 1 is 1.25 bits per heavy atom. The highest BCUT2D eigenvalue weighted by molar-refractivity contribution is 5.85. The normalized spacial score (nSPS) is 15.1. The molecule has 0 spiro atoms. The largest absolute Gasteiger partial charge is 0.342 e. The number of fused-ring (bicyclic) bond motifs is 1. The van der Waals surface area contributed by atoms with Crippen LogP contribution in [0.2, 0.25) is 0 Å². The standard InChI is InChI=1S/C10H10FN3.2ClH/c11-7-1-2-8-9(3-7)14-10(13-8)6-4-12-5-6;;/h1-3,6,12H,4-5H2,(H,13,14);2*1H. The summed E-state index contributed by atoms with van der Waals surface area (Å²) in [6.07, 6.45) is 0.